The first-order chi connectivity index (χ1) is 18.6. The number of nitrogens with zero attached hydrogens (tertiary/aromatic N) is 2. The van der Waals surface area contributed by atoms with E-state index in [4.69, 9.17) is 13.9 Å². The second-order valence-corrected chi connectivity index (χ2v) is 9.38. The van der Waals surface area contributed by atoms with Crippen molar-refractivity contribution in [2.75, 3.05) is 6.61 Å². The molecule has 10 heteroatoms. The number of alkyl halides is 2. The van der Waals surface area contributed by atoms with Gasteiger partial charge in [0, 0.05) is 18.2 Å². The summed E-state index contributed by atoms with van der Waals surface area (Å²) in [6.07, 6.45) is 1.26. The van der Waals surface area contributed by atoms with Gasteiger partial charge in [0.2, 0.25) is 5.89 Å². The molecular formula is C29H40F2N2O5S. The van der Waals surface area contributed by atoms with E-state index in [9.17, 15) is 18.4 Å². The summed E-state index contributed by atoms with van der Waals surface area (Å²) < 4.78 is 43.2. The maximum atomic E-state index is 13.1. The summed E-state index contributed by atoms with van der Waals surface area (Å²) in [6.45, 7) is 12.7. The molecule has 3 rings (SSSR count). The van der Waals surface area contributed by atoms with E-state index in [0.717, 1.165) is 30.9 Å². The molecule has 0 aliphatic carbocycles. The summed E-state index contributed by atoms with van der Waals surface area (Å²) in [7, 11) is 0. The van der Waals surface area contributed by atoms with Crippen molar-refractivity contribution in [3.05, 3.63) is 76.1 Å². The number of carbonyl (C=O) groups is 1. The van der Waals surface area contributed by atoms with Crippen LogP contribution in [0.3, 0.4) is 0 Å². The number of ether oxygens (including phenoxy) is 2. The van der Waals surface area contributed by atoms with Crippen LogP contribution in [0.5, 0.6) is 5.75 Å². The van der Waals surface area contributed by atoms with Crippen molar-refractivity contribution in [2.45, 2.75) is 90.5 Å². The standard InChI is InChI=1S/C25H28F2N2O5S.2C2H6/c1-4-32-23(30)17(2)33-20-12-8-18(9-13-20)6-5-7-22-28-29(24(31)34-22)16-19-10-14-21(15-11-19)35-25(3,26)27;2*1-2/h8-15,17H,4-7,16H2,1-3H3;2*1-2H3. The summed E-state index contributed by atoms with van der Waals surface area (Å²) in [4.78, 5) is 24.2. The van der Waals surface area contributed by atoms with Crippen molar-refractivity contribution in [1.29, 1.82) is 0 Å². The Morgan fingerprint density at radius 1 is 1.03 bits per heavy atom. The maximum Gasteiger partial charge on any atom is 0.437 e. The van der Waals surface area contributed by atoms with Crippen molar-refractivity contribution in [3.8, 4) is 5.75 Å². The number of aromatic nitrogens is 2. The molecule has 3 aromatic rings. The smallest absolute Gasteiger partial charge is 0.437 e. The van der Waals surface area contributed by atoms with Crippen molar-refractivity contribution in [1.82, 2.24) is 9.78 Å². The van der Waals surface area contributed by atoms with Gasteiger partial charge in [-0.25, -0.2) is 9.59 Å². The van der Waals surface area contributed by atoms with Crippen molar-refractivity contribution >= 4 is 17.7 Å². The minimum atomic E-state index is -2.85. The quantitative estimate of drug-likeness (QED) is 0.170. The first kappa shape index (κ1) is 33.9. The van der Waals surface area contributed by atoms with E-state index in [1.165, 1.54) is 4.68 Å². The molecule has 1 aromatic heterocycles. The third-order valence-electron chi connectivity index (χ3n) is 4.91. The van der Waals surface area contributed by atoms with Crippen LogP contribution >= 0.6 is 11.8 Å². The largest absolute Gasteiger partial charge is 0.479 e. The second-order valence-electron chi connectivity index (χ2n) is 7.98. The summed E-state index contributed by atoms with van der Waals surface area (Å²) >= 11 is 0.475. The first-order valence-electron chi connectivity index (χ1n) is 13.3. The highest BCUT2D eigenvalue weighted by atomic mass is 32.2. The molecule has 0 aliphatic rings. The Kier molecular flexibility index (Phi) is 15.2. The van der Waals surface area contributed by atoms with E-state index < -0.39 is 23.1 Å². The Labute approximate surface area is 233 Å². The van der Waals surface area contributed by atoms with E-state index in [-0.39, 0.29) is 6.54 Å². The number of rotatable bonds is 12. The number of esters is 1. The van der Waals surface area contributed by atoms with Crippen LogP contribution < -0.4 is 10.5 Å². The molecule has 0 amide bonds. The molecule has 0 fully saturated rings. The summed E-state index contributed by atoms with van der Waals surface area (Å²) in [5.41, 5.74) is 1.83. The van der Waals surface area contributed by atoms with Crippen LogP contribution in [-0.4, -0.2) is 33.7 Å². The number of halogens is 2. The number of hydrogen-bond donors (Lipinski definition) is 0. The van der Waals surface area contributed by atoms with Gasteiger partial charge in [0.25, 0.3) is 5.25 Å². The minimum absolute atomic E-state index is 0.196. The van der Waals surface area contributed by atoms with Gasteiger partial charge in [-0.1, -0.05) is 63.7 Å². The lowest BCUT2D eigenvalue weighted by Gasteiger charge is -2.13. The second kappa shape index (κ2) is 17.4. The molecule has 0 N–H and O–H groups in total. The third kappa shape index (κ3) is 12.5. The topological polar surface area (TPSA) is 83.6 Å². The molecule has 0 aliphatic heterocycles. The van der Waals surface area contributed by atoms with Crippen LogP contribution in [0.1, 0.15) is 71.9 Å². The van der Waals surface area contributed by atoms with Crippen LogP contribution in [0, 0.1) is 0 Å². The normalized spacial score (nSPS) is 11.4. The van der Waals surface area contributed by atoms with E-state index in [1.54, 1.807) is 50.2 Å². The lowest BCUT2D eigenvalue weighted by molar-refractivity contribution is -0.150. The van der Waals surface area contributed by atoms with Crippen LogP contribution in [0.2, 0.25) is 0 Å². The van der Waals surface area contributed by atoms with Crippen LogP contribution in [0.4, 0.5) is 8.78 Å². The van der Waals surface area contributed by atoms with Crippen LogP contribution in [0.25, 0.3) is 0 Å². The fourth-order valence-electron chi connectivity index (χ4n) is 3.28. The predicted octanol–water partition coefficient (Wildman–Crippen LogP) is 7.15. The van der Waals surface area contributed by atoms with E-state index >= 15 is 0 Å². The average molecular weight is 567 g/mol. The zero-order chi connectivity index (χ0) is 29.4. The van der Waals surface area contributed by atoms with E-state index in [0.29, 0.717) is 41.3 Å². The van der Waals surface area contributed by atoms with Gasteiger partial charge in [0.15, 0.2) is 6.10 Å². The van der Waals surface area contributed by atoms with Gasteiger partial charge in [0.05, 0.1) is 13.2 Å². The molecule has 39 heavy (non-hydrogen) atoms. The number of thioether (sulfide) groups is 1. The fraction of sp³-hybridized carbons (Fsp3) is 0.483. The van der Waals surface area contributed by atoms with Gasteiger partial charge in [0.1, 0.15) is 5.75 Å². The van der Waals surface area contributed by atoms with Crippen LogP contribution in [-0.2, 0) is 28.9 Å². The van der Waals surface area contributed by atoms with Crippen molar-refractivity contribution in [2.24, 2.45) is 0 Å². The predicted molar refractivity (Wildman–Crippen MR) is 151 cm³/mol. The highest BCUT2D eigenvalue weighted by Crippen LogP contribution is 2.35. The third-order valence-corrected chi connectivity index (χ3v) is 5.78. The highest BCUT2D eigenvalue weighted by Gasteiger charge is 2.22. The summed E-state index contributed by atoms with van der Waals surface area (Å²) in [6, 6.07) is 14.0. The maximum absolute atomic E-state index is 13.1. The number of hydrogen-bond acceptors (Lipinski definition) is 7. The molecule has 0 spiro atoms. The van der Waals surface area contributed by atoms with Crippen molar-refractivity contribution in [3.63, 3.8) is 0 Å². The Morgan fingerprint density at radius 3 is 2.18 bits per heavy atom. The Bertz CT molecular complexity index is 1160. The molecule has 1 unspecified atom stereocenters. The lowest BCUT2D eigenvalue weighted by atomic mass is 10.1. The van der Waals surface area contributed by atoms with E-state index in [1.807, 2.05) is 39.8 Å². The van der Waals surface area contributed by atoms with Crippen molar-refractivity contribution < 1.29 is 27.5 Å². The van der Waals surface area contributed by atoms with Gasteiger partial charge in [-0.3, -0.25) is 0 Å². The van der Waals surface area contributed by atoms with Gasteiger partial charge in [-0.05, 0) is 62.1 Å². The SMILES string of the molecule is CC.CC.CCOC(=O)C(C)Oc1ccc(CCCc2nn(Cc3ccc(SC(C)(F)F)cc3)c(=O)o2)cc1. The molecule has 0 radical (unpaired) electrons. The monoisotopic (exact) mass is 566 g/mol. The first-order valence-corrected chi connectivity index (χ1v) is 14.1. The molecule has 216 valence electrons. The number of carbonyl (C=O) groups excluding carboxylic acids is 1. The number of aryl methyl sites for hydroxylation is 2. The van der Waals surface area contributed by atoms with Gasteiger partial charge >= 0.3 is 11.7 Å². The number of benzene rings is 2. The zero-order valence-electron chi connectivity index (χ0n) is 23.8. The molecular weight excluding hydrogens is 526 g/mol. The molecule has 1 heterocycles. The van der Waals surface area contributed by atoms with Gasteiger partial charge in [-0.15, -0.1) is 5.10 Å². The molecule has 2 aromatic carbocycles. The average Bonchev–Trinajstić information content (AvgIpc) is 3.26. The Hall–Kier alpha value is -3.14. The Balaban J connectivity index is 0.00000181. The Morgan fingerprint density at radius 2 is 1.62 bits per heavy atom. The highest BCUT2D eigenvalue weighted by molar-refractivity contribution is 8.00. The molecule has 1 atom stereocenters. The summed E-state index contributed by atoms with van der Waals surface area (Å²) in [5, 5.41) is 1.40. The molecule has 0 bridgehead atoms. The van der Waals surface area contributed by atoms with E-state index in [2.05, 4.69) is 5.10 Å². The zero-order valence-corrected chi connectivity index (χ0v) is 24.6. The molecule has 7 nitrogen and oxygen atoms in total. The summed E-state index contributed by atoms with van der Waals surface area (Å²) in [5.74, 6) is -0.0458. The molecule has 0 saturated heterocycles. The molecule has 0 saturated carbocycles. The minimum Gasteiger partial charge on any atom is -0.479 e. The van der Waals surface area contributed by atoms with Gasteiger partial charge in [-0.2, -0.15) is 13.5 Å². The fourth-order valence-corrected chi connectivity index (χ4v) is 3.97. The van der Waals surface area contributed by atoms with Gasteiger partial charge < -0.3 is 13.9 Å². The lowest BCUT2D eigenvalue weighted by Crippen LogP contribution is -2.26. The van der Waals surface area contributed by atoms with Crippen LogP contribution in [0.15, 0.2) is 62.6 Å².